The second kappa shape index (κ2) is 15.3. The van der Waals surface area contributed by atoms with Gasteiger partial charge in [-0.25, -0.2) is 8.78 Å². The van der Waals surface area contributed by atoms with Crippen LogP contribution in [-0.4, -0.2) is 85.1 Å². The number of hydrogen-bond acceptors (Lipinski definition) is 5. The highest BCUT2D eigenvalue weighted by atomic mass is 32.2. The Balaban J connectivity index is 1.92. The second-order valence-electron chi connectivity index (χ2n) is 11.8. The van der Waals surface area contributed by atoms with E-state index >= 15 is 0 Å². The Morgan fingerprint density at radius 1 is 1.00 bits per heavy atom. The summed E-state index contributed by atoms with van der Waals surface area (Å²) >= 11 is 0. The lowest BCUT2D eigenvalue weighted by Gasteiger charge is -2.38. The first-order valence-electron chi connectivity index (χ1n) is 15.0. The summed E-state index contributed by atoms with van der Waals surface area (Å²) in [5.41, 5.74) is 1.76. The molecule has 0 saturated carbocycles. The minimum atomic E-state index is -3.71. The summed E-state index contributed by atoms with van der Waals surface area (Å²) in [5, 5.41) is 11.6. The van der Waals surface area contributed by atoms with Gasteiger partial charge in [-0.1, -0.05) is 13.8 Å². The van der Waals surface area contributed by atoms with Gasteiger partial charge in [0.1, 0.15) is 11.6 Å². The molecule has 0 radical (unpaired) electrons. The molecule has 2 aromatic carbocycles. The number of hydrogen-bond donors (Lipinski definition) is 1. The summed E-state index contributed by atoms with van der Waals surface area (Å²) in [7, 11) is -0.819. The van der Waals surface area contributed by atoms with Crippen molar-refractivity contribution in [2.75, 3.05) is 40.3 Å². The van der Waals surface area contributed by atoms with Gasteiger partial charge in [-0.15, -0.1) is 0 Å². The lowest BCUT2D eigenvalue weighted by atomic mass is 9.79. The lowest BCUT2D eigenvalue weighted by Crippen LogP contribution is -2.49. The van der Waals surface area contributed by atoms with Crippen LogP contribution in [0.5, 0.6) is 0 Å². The van der Waals surface area contributed by atoms with Crippen LogP contribution >= 0.6 is 0 Å². The summed E-state index contributed by atoms with van der Waals surface area (Å²) in [4.78, 5) is 28.8. The maximum absolute atomic E-state index is 14.1. The molecule has 2 aromatic rings. The number of aryl methyl sites for hydroxylation is 1. The van der Waals surface area contributed by atoms with Gasteiger partial charge < -0.3 is 10.0 Å². The van der Waals surface area contributed by atoms with E-state index in [9.17, 15) is 31.9 Å². The molecule has 1 saturated heterocycles. The first-order chi connectivity index (χ1) is 20.3. The van der Waals surface area contributed by atoms with Gasteiger partial charge in [-0.05, 0) is 92.3 Å². The minimum Gasteiger partial charge on any atom is -0.392 e. The highest BCUT2D eigenvalue weighted by Gasteiger charge is 2.37. The molecule has 11 heteroatoms. The molecule has 3 atom stereocenters. The lowest BCUT2D eigenvalue weighted by molar-refractivity contribution is 0.0225. The van der Waals surface area contributed by atoms with Crippen molar-refractivity contribution in [2.45, 2.75) is 65.4 Å². The van der Waals surface area contributed by atoms with Gasteiger partial charge in [0.05, 0.1) is 6.10 Å². The van der Waals surface area contributed by atoms with E-state index in [1.54, 1.807) is 30.0 Å². The molecule has 0 spiro atoms. The third-order valence-corrected chi connectivity index (χ3v) is 9.87. The predicted molar refractivity (Wildman–Crippen MR) is 163 cm³/mol. The van der Waals surface area contributed by atoms with Crippen LogP contribution in [0.3, 0.4) is 0 Å². The quantitative estimate of drug-likeness (QED) is 0.305. The van der Waals surface area contributed by atoms with Crippen molar-refractivity contribution in [3.63, 3.8) is 0 Å². The first kappa shape index (κ1) is 34.8. The molecule has 0 bridgehead atoms. The smallest absolute Gasteiger partial charge is 0.281 e. The standard InChI is InChI=1S/C32H45F2N3O5S/c1-6-10-36(11-7-2)32(40)27-14-22(3)13-25(18-27)30(38)19-26(15-23-16-28(33)20-29(34)17-23)31(39)24-9-8-12-37(21-24)43(41,42)35(4)5/h13-14,16-18,20,24,26,31,39H,6-12,15,19,21H2,1-5H3/t24-,26-,31-/m1/s1. The van der Waals surface area contributed by atoms with Crippen molar-refractivity contribution in [1.29, 1.82) is 0 Å². The fourth-order valence-corrected chi connectivity index (χ4v) is 7.09. The number of aliphatic hydroxyl groups excluding tert-OH is 1. The van der Waals surface area contributed by atoms with Crippen LogP contribution in [0.2, 0.25) is 0 Å². The molecule has 43 heavy (non-hydrogen) atoms. The molecule has 1 aliphatic heterocycles. The van der Waals surface area contributed by atoms with Gasteiger partial charge in [0, 0.05) is 63.9 Å². The summed E-state index contributed by atoms with van der Waals surface area (Å²) in [6.45, 7) is 7.39. The van der Waals surface area contributed by atoms with Crippen LogP contribution < -0.4 is 0 Å². The average Bonchev–Trinajstić information content (AvgIpc) is 2.95. The van der Waals surface area contributed by atoms with Gasteiger partial charge >= 0.3 is 0 Å². The van der Waals surface area contributed by atoms with E-state index in [1.807, 2.05) is 13.8 Å². The van der Waals surface area contributed by atoms with Gasteiger partial charge in [0.2, 0.25) is 0 Å². The zero-order valence-corrected chi connectivity index (χ0v) is 26.7. The number of aliphatic hydroxyl groups is 1. The van der Waals surface area contributed by atoms with Crippen LogP contribution in [-0.2, 0) is 16.6 Å². The molecular weight excluding hydrogens is 576 g/mol. The Bertz CT molecular complexity index is 1360. The van der Waals surface area contributed by atoms with Crippen molar-refractivity contribution in [2.24, 2.45) is 11.8 Å². The minimum absolute atomic E-state index is 0.0108. The molecule has 238 valence electrons. The Morgan fingerprint density at radius 3 is 2.19 bits per heavy atom. The summed E-state index contributed by atoms with van der Waals surface area (Å²) in [6, 6.07) is 8.14. The normalized spacial score (nSPS) is 17.6. The van der Waals surface area contributed by atoms with Gasteiger partial charge in [0.15, 0.2) is 5.78 Å². The Labute approximate surface area is 254 Å². The van der Waals surface area contributed by atoms with Crippen LogP contribution in [0.15, 0.2) is 36.4 Å². The molecule has 0 aromatic heterocycles. The Morgan fingerprint density at radius 2 is 1.60 bits per heavy atom. The number of benzene rings is 2. The number of carbonyl (C=O) groups excluding carboxylic acids is 2. The van der Waals surface area contributed by atoms with Gasteiger partial charge in [-0.3, -0.25) is 9.59 Å². The summed E-state index contributed by atoms with van der Waals surface area (Å²) in [5.74, 6) is -3.23. The molecule has 1 amide bonds. The highest BCUT2D eigenvalue weighted by molar-refractivity contribution is 7.86. The van der Waals surface area contributed by atoms with Crippen molar-refractivity contribution < 1.29 is 31.9 Å². The van der Waals surface area contributed by atoms with Crippen molar-refractivity contribution in [3.05, 3.63) is 70.3 Å². The van der Waals surface area contributed by atoms with E-state index in [0.29, 0.717) is 43.6 Å². The topological polar surface area (TPSA) is 98.2 Å². The fraction of sp³-hybridized carbons (Fsp3) is 0.562. The van der Waals surface area contributed by atoms with Crippen LogP contribution in [0.1, 0.15) is 77.8 Å². The third kappa shape index (κ3) is 9.14. The first-order valence-corrected chi connectivity index (χ1v) is 16.4. The van der Waals surface area contributed by atoms with E-state index in [2.05, 4.69) is 0 Å². The Kier molecular flexibility index (Phi) is 12.4. The molecule has 8 nitrogen and oxygen atoms in total. The molecule has 1 fully saturated rings. The van der Waals surface area contributed by atoms with Gasteiger partial charge in [0.25, 0.3) is 16.1 Å². The number of carbonyl (C=O) groups is 2. The van der Waals surface area contributed by atoms with E-state index in [0.717, 1.165) is 28.8 Å². The molecule has 1 aliphatic rings. The van der Waals surface area contributed by atoms with E-state index in [1.165, 1.54) is 30.5 Å². The van der Waals surface area contributed by atoms with E-state index in [-0.39, 0.29) is 36.6 Å². The van der Waals surface area contributed by atoms with Crippen molar-refractivity contribution in [3.8, 4) is 0 Å². The zero-order valence-electron chi connectivity index (χ0n) is 25.9. The fourth-order valence-electron chi connectivity index (χ4n) is 5.88. The van der Waals surface area contributed by atoms with Crippen molar-refractivity contribution >= 4 is 21.9 Å². The Hall–Kier alpha value is -2.73. The number of halogens is 2. The SMILES string of the molecule is CCCN(CCC)C(=O)c1cc(C)cc(C(=O)C[C@@H](Cc2cc(F)cc(F)c2)[C@H](O)[C@@H]2CCCN(S(=O)(=O)N(C)C)C2)c1. The van der Waals surface area contributed by atoms with Crippen LogP contribution in [0.4, 0.5) is 8.78 Å². The highest BCUT2D eigenvalue weighted by Crippen LogP contribution is 2.31. The zero-order chi connectivity index (χ0) is 31.9. The molecule has 1 heterocycles. The number of piperidine rings is 1. The summed E-state index contributed by atoms with van der Waals surface area (Å²) < 4.78 is 56.2. The molecule has 0 aliphatic carbocycles. The predicted octanol–water partition coefficient (Wildman–Crippen LogP) is 4.85. The number of rotatable bonds is 14. The third-order valence-electron chi connectivity index (χ3n) is 7.96. The number of nitrogens with zero attached hydrogens (tertiary/aromatic N) is 3. The average molecular weight is 622 g/mol. The largest absolute Gasteiger partial charge is 0.392 e. The van der Waals surface area contributed by atoms with Crippen LogP contribution in [0.25, 0.3) is 0 Å². The van der Waals surface area contributed by atoms with Gasteiger partial charge in [-0.2, -0.15) is 17.0 Å². The number of Topliss-reactive ketones (excluding diaryl/α,β-unsaturated/α-hetero) is 1. The second-order valence-corrected chi connectivity index (χ2v) is 13.9. The maximum Gasteiger partial charge on any atom is 0.281 e. The summed E-state index contributed by atoms with van der Waals surface area (Å²) in [6.07, 6.45) is 1.41. The number of amides is 1. The maximum atomic E-state index is 14.1. The van der Waals surface area contributed by atoms with Crippen LogP contribution in [0, 0.1) is 30.4 Å². The molecule has 3 rings (SSSR count). The molecule has 1 N–H and O–H groups in total. The number of ketones is 1. The molecular formula is C32H45F2N3O5S. The van der Waals surface area contributed by atoms with E-state index < -0.39 is 39.8 Å². The molecule has 0 unspecified atom stereocenters. The van der Waals surface area contributed by atoms with E-state index in [4.69, 9.17) is 0 Å². The monoisotopic (exact) mass is 621 g/mol. The van der Waals surface area contributed by atoms with Crippen molar-refractivity contribution in [1.82, 2.24) is 13.5 Å².